The van der Waals surface area contributed by atoms with Crippen molar-refractivity contribution >= 4 is 5.97 Å². The Balaban J connectivity index is 0. The van der Waals surface area contributed by atoms with Gasteiger partial charge in [0, 0.05) is 12.4 Å². The van der Waals surface area contributed by atoms with Gasteiger partial charge in [-0.1, -0.05) is 32.6 Å². The molecule has 0 aromatic carbocycles. The van der Waals surface area contributed by atoms with Gasteiger partial charge in [0.15, 0.2) is 0 Å². The molecule has 1 unspecified atom stereocenters. The SMILES string of the molecule is CCCCCCC(F)CC(=O)[O-].[Na+]. The number of alkyl halides is 1. The summed E-state index contributed by atoms with van der Waals surface area (Å²) in [7, 11) is 0. The quantitative estimate of drug-likeness (QED) is 0.366. The Hall–Kier alpha value is 0.400. The van der Waals surface area contributed by atoms with Crippen LogP contribution in [-0.2, 0) is 4.79 Å². The van der Waals surface area contributed by atoms with Crippen molar-refractivity contribution < 1.29 is 43.8 Å². The molecule has 0 fully saturated rings. The van der Waals surface area contributed by atoms with E-state index < -0.39 is 18.6 Å². The second-order valence-corrected chi connectivity index (χ2v) is 3.02. The number of rotatable bonds is 7. The Morgan fingerprint density at radius 3 is 2.46 bits per heavy atom. The molecule has 0 bridgehead atoms. The first-order chi connectivity index (χ1) is 5.66. The maximum Gasteiger partial charge on any atom is 1.00 e. The summed E-state index contributed by atoms with van der Waals surface area (Å²) < 4.78 is 12.7. The van der Waals surface area contributed by atoms with Crippen LogP contribution in [0.5, 0.6) is 0 Å². The molecule has 72 valence electrons. The Morgan fingerprint density at radius 1 is 1.38 bits per heavy atom. The van der Waals surface area contributed by atoms with Gasteiger partial charge in [0.05, 0.1) is 0 Å². The van der Waals surface area contributed by atoms with E-state index in [0.29, 0.717) is 6.42 Å². The number of halogens is 1. The van der Waals surface area contributed by atoms with Crippen molar-refractivity contribution in [3.8, 4) is 0 Å². The summed E-state index contributed by atoms with van der Waals surface area (Å²) in [4.78, 5) is 9.95. The topological polar surface area (TPSA) is 40.1 Å². The van der Waals surface area contributed by atoms with Crippen molar-refractivity contribution in [1.82, 2.24) is 0 Å². The summed E-state index contributed by atoms with van der Waals surface area (Å²) in [5.74, 6) is -1.29. The first-order valence-electron chi connectivity index (χ1n) is 4.50. The van der Waals surface area contributed by atoms with Gasteiger partial charge in [-0.3, -0.25) is 0 Å². The molecule has 0 rings (SSSR count). The van der Waals surface area contributed by atoms with Crippen LogP contribution in [0.4, 0.5) is 4.39 Å². The Morgan fingerprint density at radius 2 is 2.00 bits per heavy atom. The fourth-order valence-corrected chi connectivity index (χ4v) is 1.08. The van der Waals surface area contributed by atoms with Crippen molar-refractivity contribution in [3.63, 3.8) is 0 Å². The largest absolute Gasteiger partial charge is 1.00 e. The minimum Gasteiger partial charge on any atom is -0.550 e. The predicted octanol–water partition coefficient (Wildman–Crippen LogP) is -1.56. The molecule has 4 heteroatoms. The molecule has 0 spiro atoms. The second-order valence-electron chi connectivity index (χ2n) is 3.02. The summed E-state index contributed by atoms with van der Waals surface area (Å²) in [5, 5.41) is 9.95. The summed E-state index contributed by atoms with van der Waals surface area (Å²) >= 11 is 0. The van der Waals surface area contributed by atoms with Gasteiger partial charge in [-0.05, 0) is 6.42 Å². The first kappa shape index (κ1) is 15.9. The van der Waals surface area contributed by atoms with Crippen molar-refractivity contribution in [1.29, 1.82) is 0 Å². The molecule has 0 amide bonds. The van der Waals surface area contributed by atoms with Crippen LogP contribution >= 0.6 is 0 Å². The maximum absolute atomic E-state index is 12.7. The fourth-order valence-electron chi connectivity index (χ4n) is 1.08. The standard InChI is InChI=1S/C9H17FO2.Na/c1-2-3-4-5-6-8(10)7-9(11)12;/h8H,2-7H2,1H3,(H,11,12);/q;+1/p-1. The van der Waals surface area contributed by atoms with E-state index in [1.807, 2.05) is 0 Å². The molecular weight excluding hydrogens is 182 g/mol. The number of carbonyl (C=O) groups excluding carboxylic acids is 1. The summed E-state index contributed by atoms with van der Waals surface area (Å²) in [6, 6.07) is 0. The Bertz CT molecular complexity index is 131. The van der Waals surface area contributed by atoms with E-state index >= 15 is 0 Å². The van der Waals surface area contributed by atoms with E-state index in [2.05, 4.69) is 6.92 Å². The fraction of sp³-hybridized carbons (Fsp3) is 0.889. The van der Waals surface area contributed by atoms with Gasteiger partial charge in [0.25, 0.3) is 0 Å². The molecule has 0 aliphatic carbocycles. The van der Waals surface area contributed by atoms with Gasteiger partial charge in [0.2, 0.25) is 0 Å². The van der Waals surface area contributed by atoms with Crippen LogP contribution in [0, 0.1) is 0 Å². The van der Waals surface area contributed by atoms with Crippen molar-refractivity contribution in [2.45, 2.75) is 51.6 Å². The molecule has 0 N–H and O–H groups in total. The molecule has 0 aromatic rings. The Labute approximate surface area is 101 Å². The van der Waals surface area contributed by atoms with E-state index in [1.165, 1.54) is 0 Å². The van der Waals surface area contributed by atoms with Crippen LogP contribution in [0.15, 0.2) is 0 Å². The van der Waals surface area contributed by atoms with E-state index in [-0.39, 0.29) is 29.6 Å². The van der Waals surface area contributed by atoms with Gasteiger partial charge >= 0.3 is 29.6 Å². The first-order valence-corrected chi connectivity index (χ1v) is 4.50. The summed E-state index contributed by atoms with van der Waals surface area (Å²) in [6.45, 7) is 2.08. The third kappa shape index (κ3) is 12.4. The number of carboxylic acid groups (broad SMARTS) is 1. The number of hydrogen-bond donors (Lipinski definition) is 0. The van der Waals surface area contributed by atoms with Crippen LogP contribution in [0.25, 0.3) is 0 Å². The number of carbonyl (C=O) groups is 1. The van der Waals surface area contributed by atoms with Gasteiger partial charge in [-0.15, -0.1) is 0 Å². The summed E-state index contributed by atoms with van der Waals surface area (Å²) in [6.07, 6.45) is 2.66. The third-order valence-corrected chi connectivity index (χ3v) is 1.76. The molecule has 1 atom stereocenters. The molecule has 0 saturated heterocycles. The van der Waals surface area contributed by atoms with Crippen LogP contribution in [0.2, 0.25) is 0 Å². The Kier molecular flexibility index (Phi) is 12.8. The average molecular weight is 198 g/mol. The van der Waals surface area contributed by atoms with E-state index in [1.54, 1.807) is 0 Å². The van der Waals surface area contributed by atoms with E-state index in [4.69, 9.17) is 0 Å². The second kappa shape index (κ2) is 10.5. The summed E-state index contributed by atoms with van der Waals surface area (Å²) in [5.41, 5.74) is 0. The zero-order valence-corrected chi connectivity index (χ0v) is 10.5. The molecule has 0 aliphatic heterocycles. The number of hydrogen-bond acceptors (Lipinski definition) is 2. The molecular formula is C9H16FNaO2. The van der Waals surface area contributed by atoms with Gasteiger partial charge in [-0.2, -0.15) is 0 Å². The molecule has 0 heterocycles. The smallest absolute Gasteiger partial charge is 0.550 e. The van der Waals surface area contributed by atoms with Crippen LogP contribution in [0.1, 0.15) is 45.4 Å². The van der Waals surface area contributed by atoms with E-state index in [9.17, 15) is 14.3 Å². The zero-order chi connectivity index (χ0) is 9.40. The zero-order valence-electron chi connectivity index (χ0n) is 8.51. The van der Waals surface area contributed by atoms with Gasteiger partial charge in [0.1, 0.15) is 6.17 Å². The molecule has 2 nitrogen and oxygen atoms in total. The minimum absolute atomic E-state index is 0. The van der Waals surface area contributed by atoms with Crippen molar-refractivity contribution in [3.05, 3.63) is 0 Å². The number of carboxylic acids is 1. The van der Waals surface area contributed by atoms with Gasteiger partial charge < -0.3 is 9.90 Å². The van der Waals surface area contributed by atoms with E-state index in [0.717, 1.165) is 25.7 Å². The normalized spacial score (nSPS) is 11.8. The molecule has 0 aromatic heterocycles. The van der Waals surface area contributed by atoms with Crippen molar-refractivity contribution in [2.24, 2.45) is 0 Å². The minimum atomic E-state index is -1.29. The van der Waals surface area contributed by atoms with Crippen molar-refractivity contribution in [2.75, 3.05) is 0 Å². The molecule has 0 aliphatic rings. The number of unbranched alkanes of at least 4 members (excludes halogenated alkanes) is 3. The molecule has 0 radical (unpaired) electrons. The monoisotopic (exact) mass is 198 g/mol. The van der Waals surface area contributed by atoms with Crippen LogP contribution < -0.4 is 34.7 Å². The maximum atomic E-state index is 12.7. The molecule has 13 heavy (non-hydrogen) atoms. The predicted molar refractivity (Wildman–Crippen MR) is 43.3 cm³/mol. The van der Waals surface area contributed by atoms with Crippen LogP contribution in [-0.4, -0.2) is 12.1 Å². The van der Waals surface area contributed by atoms with Gasteiger partial charge in [-0.25, -0.2) is 4.39 Å². The molecule has 0 saturated carbocycles. The van der Waals surface area contributed by atoms with Crippen LogP contribution in [0.3, 0.4) is 0 Å². The third-order valence-electron chi connectivity index (χ3n) is 1.76. The number of aliphatic carboxylic acids is 1. The average Bonchev–Trinajstić information content (AvgIpc) is 1.97.